The normalized spacial score (nSPS) is 16.4. The summed E-state index contributed by atoms with van der Waals surface area (Å²) in [5.74, 6) is 0.0294. The van der Waals surface area contributed by atoms with Gasteiger partial charge in [0, 0.05) is 19.5 Å². The van der Waals surface area contributed by atoms with Crippen LogP contribution in [-0.2, 0) is 9.59 Å². The number of nitrogens with two attached hydrogens (primary N) is 1. The quantitative estimate of drug-likeness (QED) is 0.646. The number of unbranched alkanes of at least 4 members (excludes halogenated alkanes) is 3. The van der Waals surface area contributed by atoms with E-state index in [1.54, 1.807) is 6.92 Å². The maximum atomic E-state index is 12.0. The van der Waals surface area contributed by atoms with Gasteiger partial charge < -0.3 is 16.0 Å². The minimum absolute atomic E-state index is 0.0206. The van der Waals surface area contributed by atoms with Crippen molar-refractivity contribution in [1.82, 2.24) is 10.2 Å². The van der Waals surface area contributed by atoms with E-state index >= 15 is 0 Å². The van der Waals surface area contributed by atoms with Gasteiger partial charge in [-0.15, -0.1) is 0 Å². The first-order valence-corrected chi connectivity index (χ1v) is 7.43. The molecule has 0 bridgehead atoms. The Kier molecular flexibility index (Phi) is 7.48. The first-order valence-electron chi connectivity index (χ1n) is 7.43. The van der Waals surface area contributed by atoms with Gasteiger partial charge in [0.25, 0.3) is 0 Å². The molecule has 1 aliphatic rings. The second kappa shape index (κ2) is 8.91. The lowest BCUT2D eigenvalue weighted by atomic mass is 10.1. The van der Waals surface area contributed by atoms with Crippen LogP contribution < -0.4 is 11.1 Å². The zero-order valence-electron chi connectivity index (χ0n) is 12.0. The van der Waals surface area contributed by atoms with E-state index in [4.69, 9.17) is 5.73 Å². The Balaban J connectivity index is 2.14. The van der Waals surface area contributed by atoms with Crippen LogP contribution in [0.2, 0.25) is 0 Å². The predicted octanol–water partition coefficient (Wildman–Crippen LogP) is 1.02. The molecule has 110 valence electrons. The van der Waals surface area contributed by atoms with Crippen molar-refractivity contribution < 1.29 is 9.59 Å². The van der Waals surface area contributed by atoms with Gasteiger partial charge in [-0.2, -0.15) is 0 Å². The Labute approximate surface area is 115 Å². The second-order valence-corrected chi connectivity index (χ2v) is 5.27. The fourth-order valence-electron chi connectivity index (χ4n) is 2.37. The van der Waals surface area contributed by atoms with Gasteiger partial charge in [-0.3, -0.25) is 9.59 Å². The summed E-state index contributed by atoms with van der Waals surface area (Å²) < 4.78 is 0. The summed E-state index contributed by atoms with van der Waals surface area (Å²) in [7, 11) is 0. The van der Waals surface area contributed by atoms with Crippen molar-refractivity contribution >= 4 is 11.8 Å². The molecule has 0 saturated carbocycles. The molecular weight excluding hydrogens is 242 g/mol. The Morgan fingerprint density at radius 2 is 1.79 bits per heavy atom. The molecule has 2 amide bonds. The lowest BCUT2D eigenvalue weighted by molar-refractivity contribution is -0.135. The number of likely N-dealkylation sites (tertiary alicyclic amines) is 1. The van der Waals surface area contributed by atoms with E-state index in [0.717, 1.165) is 51.6 Å². The van der Waals surface area contributed by atoms with Crippen molar-refractivity contribution in [2.75, 3.05) is 19.6 Å². The Hall–Kier alpha value is -1.10. The van der Waals surface area contributed by atoms with E-state index < -0.39 is 6.04 Å². The summed E-state index contributed by atoms with van der Waals surface area (Å²) in [5.41, 5.74) is 5.41. The van der Waals surface area contributed by atoms with E-state index in [-0.39, 0.29) is 11.8 Å². The van der Waals surface area contributed by atoms with E-state index in [1.807, 2.05) is 4.90 Å². The number of nitrogens with zero attached hydrogens (tertiary/aromatic N) is 1. The third kappa shape index (κ3) is 6.05. The van der Waals surface area contributed by atoms with Gasteiger partial charge in [0.15, 0.2) is 0 Å². The van der Waals surface area contributed by atoms with Crippen LogP contribution in [0, 0.1) is 0 Å². The maximum absolute atomic E-state index is 12.0. The molecule has 1 unspecified atom stereocenters. The molecule has 0 aromatic heterocycles. The molecule has 0 spiro atoms. The van der Waals surface area contributed by atoms with Crippen molar-refractivity contribution in [3.05, 3.63) is 0 Å². The molecule has 1 rings (SSSR count). The number of carbonyl (C=O) groups excluding carboxylic acids is 2. The number of rotatable bonds is 8. The van der Waals surface area contributed by atoms with Gasteiger partial charge >= 0.3 is 0 Å². The van der Waals surface area contributed by atoms with Crippen LogP contribution in [0.15, 0.2) is 0 Å². The van der Waals surface area contributed by atoms with Crippen LogP contribution in [0.1, 0.15) is 51.9 Å². The number of nitrogens with one attached hydrogen (secondary N) is 1. The van der Waals surface area contributed by atoms with Crippen LogP contribution in [0.3, 0.4) is 0 Å². The minimum Gasteiger partial charge on any atom is -0.345 e. The summed E-state index contributed by atoms with van der Waals surface area (Å²) in [5, 5.41) is 2.79. The van der Waals surface area contributed by atoms with Gasteiger partial charge in [-0.1, -0.05) is 12.8 Å². The molecule has 3 N–H and O–H groups in total. The molecule has 0 aromatic carbocycles. The van der Waals surface area contributed by atoms with Gasteiger partial charge in [0.1, 0.15) is 6.04 Å². The molecule has 0 aromatic rings. The van der Waals surface area contributed by atoms with Crippen molar-refractivity contribution in [3.8, 4) is 0 Å². The average molecular weight is 269 g/mol. The monoisotopic (exact) mass is 269 g/mol. The van der Waals surface area contributed by atoms with E-state index in [0.29, 0.717) is 13.0 Å². The van der Waals surface area contributed by atoms with Gasteiger partial charge in [0.2, 0.25) is 11.8 Å². The van der Waals surface area contributed by atoms with Gasteiger partial charge in [0.05, 0.1) is 0 Å². The zero-order chi connectivity index (χ0) is 14.1. The number of hydrogen-bond donors (Lipinski definition) is 2. The van der Waals surface area contributed by atoms with E-state index in [9.17, 15) is 9.59 Å². The van der Waals surface area contributed by atoms with Crippen LogP contribution in [0.5, 0.6) is 0 Å². The molecule has 1 atom stereocenters. The number of carbonyl (C=O) groups is 2. The molecule has 0 aliphatic carbocycles. The summed E-state index contributed by atoms with van der Waals surface area (Å²) in [6, 6.07) is -0.394. The summed E-state index contributed by atoms with van der Waals surface area (Å²) in [4.78, 5) is 25.5. The highest BCUT2D eigenvalue weighted by Gasteiger charge is 2.23. The van der Waals surface area contributed by atoms with Crippen molar-refractivity contribution in [3.63, 3.8) is 0 Å². The molecule has 1 aliphatic heterocycles. The predicted molar refractivity (Wildman–Crippen MR) is 75.6 cm³/mol. The minimum atomic E-state index is -0.394. The van der Waals surface area contributed by atoms with Crippen molar-refractivity contribution in [2.45, 2.75) is 57.9 Å². The summed E-state index contributed by atoms with van der Waals surface area (Å²) >= 11 is 0. The number of amides is 2. The van der Waals surface area contributed by atoms with Crippen LogP contribution in [-0.4, -0.2) is 42.4 Å². The summed E-state index contributed by atoms with van der Waals surface area (Å²) in [6.07, 6.45) is 6.65. The van der Waals surface area contributed by atoms with Crippen LogP contribution in [0.25, 0.3) is 0 Å². The fourth-order valence-corrected chi connectivity index (χ4v) is 2.37. The third-order valence-corrected chi connectivity index (χ3v) is 3.52. The summed E-state index contributed by atoms with van der Waals surface area (Å²) in [6.45, 7) is 4.15. The zero-order valence-corrected chi connectivity index (χ0v) is 12.0. The molecule has 0 radical (unpaired) electrons. The first-order chi connectivity index (χ1) is 9.15. The highest BCUT2D eigenvalue weighted by Crippen LogP contribution is 2.09. The molecule has 5 nitrogen and oxygen atoms in total. The fraction of sp³-hybridized carbons (Fsp3) is 0.857. The average Bonchev–Trinajstić information content (AvgIpc) is 2.91. The molecule has 1 saturated heterocycles. The highest BCUT2D eigenvalue weighted by atomic mass is 16.2. The van der Waals surface area contributed by atoms with E-state index in [2.05, 4.69) is 5.32 Å². The van der Waals surface area contributed by atoms with Crippen LogP contribution in [0.4, 0.5) is 0 Å². The van der Waals surface area contributed by atoms with Crippen LogP contribution >= 0.6 is 0 Å². The molecule has 1 heterocycles. The Morgan fingerprint density at radius 1 is 1.16 bits per heavy atom. The van der Waals surface area contributed by atoms with Crippen molar-refractivity contribution in [1.29, 1.82) is 0 Å². The number of hydrogen-bond acceptors (Lipinski definition) is 3. The topological polar surface area (TPSA) is 75.4 Å². The molecular formula is C14H27N3O2. The second-order valence-electron chi connectivity index (χ2n) is 5.27. The maximum Gasteiger partial charge on any atom is 0.244 e. The molecule has 19 heavy (non-hydrogen) atoms. The lowest BCUT2D eigenvalue weighted by Crippen LogP contribution is -2.45. The largest absolute Gasteiger partial charge is 0.345 e. The molecule has 1 fully saturated rings. The lowest BCUT2D eigenvalue weighted by Gasteiger charge is -2.21. The standard InChI is InChI=1S/C14H27N3O2/c1-12(14(19)17-10-6-7-11-17)16-13(18)8-4-2-3-5-9-15/h12H,2-11,15H2,1H3,(H,16,18). The van der Waals surface area contributed by atoms with Gasteiger partial charge in [-0.05, 0) is 39.2 Å². The molecule has 5 heteroatoms. The van der Waals surface area contributed by atoms with E-state index in [1.165, 1.54) is 0 Å². The Morgan fingerprint density at radius 3 is 2.42 bits per heavy atom. The Bertz CT molecular complexity index is 288. The SMILES string of the molecule is CC(NC(=O)CCCCCCN)C(=O)N1CCCC1. The first kappa shape index (κ1) is 16.0. The third-order valence-electron chi connectivity index (χ3n) is 3.52. The smallest absolute Gasteiger partial charge is 0.244 e. The highest BCUT2D eigenvalue weighted by molar-refractivity contribution is 5.87. The van der Waals surface area contributed by atoms with Gasteiger partial charge in [-0.25, -0.2) is 0 Å². The van der Waals surface area contributed by atoms with Crippen molar-refractivity contribution in [2.24, 2.45) is 5.73 Å².